The Morgan fingerprint density at radius 2 is 2.40 bits per heavy atom. The van der Waals surface area contributed by atoms with Crippen LogP contribution in [0.1, 0.15) is 13.3 Å². The van der Waals surface area contributed by atoms with E-state index >= 15 is 0 Å². The molecule has 3 rings (SSSR count). The van der Waals surface area contributed by atoms with Gasteiger partial charge in [0.05, 0.1) is 23.9 Å². The van der Waals surface area contributed by atoms with Crippen molar-refractivity contribution in [3.05, 3.63) is 30.2 Å². The molecule has 0 radical (unpaired) electrons. The average molecular weight is 275 g/mol. The molecule has 106 valence electrons. The lowest BCUT2D eigenvalue weighted by molar-refractivity contribution is 0.0383. The highest BCUT2D eigenvalue weighted by Crippen LogP contribution is 2.33. The van der Waals surface area contributed by atoms with Crippen molar-refractivity contribution in [1.29, 1.82) is 0 Å². The maximum Gasteiger partial charge on any atom is 0.150 e. The first-order valence-electron chi connectivity index (χ1n) is 6.90. The summed E-state index contributed by atoms with van der Waals surface area (Å²) in [5.41, 5.74) is 7.48. The SMILES string of the molecule is CCC1CN(c2c(F)cc(N)c3cccnc23)CCO1. The number of ether oxygens (including phenoxy) is 1. The van der Waals surface area contributed by atoms with E-state index in [0.717, 1.165) is 11.8 Å². The fourth-order valence-electron chi connectivity index (χ4n) is 2.69. The van der Waals surface area contributed by atoms with Crippen molar-refractivity contribution in [1.82, 2.24) is 4.98 Å². The van der Waals surface area contributed by atoms with Crippen LogP contribution < -0.4 is 10.6 Å². The molecule has 1 aliphatic rings. The standard InChI is InChI=1S/C15H18FN3O/c1-2-10-9-19(6-7-20-10)15-12(16)8-13(17)11-4-3-5-18-14(11)15/h3-5,8,10H,2,6-7,9,17H2,1H3. The summed E-state index contributed by atoms with van der Waals surface area (Å²) in [6, 6.07) is 5.07. The van der Waals surface area contributed by atoms with Gasteiger partial charge in [-0.15, -0.1) is 0 Å². The summed E-state index contributed by atoms with van der Waals surface area (Å²) in [7, 11) is 0. The summed E-state index contributed by atoms with van der Waals surface area (Å²) in [4.78, 5) is 6.34. The van der Waals surface area contributed by atoms with Gasteiger partial charge in [0.25, 0.3) is 0 Å². The molecule has 2 heterocycles. The minimum atomic E-state index is -0.314. The fourth-order valence-corrected chi connectivity index (χ4v) is 2.69. The molecule has 1 atom stereocenters. The number of fused-ring (bicyclic) bond motifs is 1. The Morgan fingerprint density at radius 1 is 1.55 bits per heavy atom. The zero-order valence-corrected chi connectivity index (χ0v) is 11.5. The maximum atomic E-state index is 14.4. The molecule has 1 aromatic heterocycles. The monoisotopic (exact) mass is 275 g/mol. The van der Waals surface area contributed by atoms with Crippen molar-refractivity contribution < 1.29 is 9.13 Å². The Hall–Kier alpha value is -1.88. The Bertz CT molecular complexity index is 632. The first-order chi connectivity index (χ1) is 9.70. The van der Waals surface area contributed by atoms with Gasteiger partial charge in [-0.1, -0.05) is 6.92 Å². The third-order valence-electron chi connectivity index (χ3n) is 3.76. The Labute approximate surface area is 117 Å². The predicted octanol–water partition coefficient (Wildman–Crippen LogP) is 2.57. The molecule has 0 spiro atoms. The second kappa shape index (κ2) is 5.25. The van der Waals surface area contributed by atoms with E-state index in [9.17, 15) is 4.39 Å². The van der Waals surface area contributed by atoms with Gasteiger partial charge in [0.1, 0.15) is 0 Å². The van der Waals surface area contributed by atoms with Crippen molar-refractivity contribution in [2.75, 3.05) is 30.3 Å². The first-order valence-corrected chi connectivity index (χ1v) is 6.90. The minimum absolute atomic E-state index is 0.138. The van der Waals surface area contributed by atoms with E-state index in [1.54, 1.807) is 6.20 Å². The second-order valence-corrected chi connectivity index (χ2v) is 5.04. The van der Waals surface area contributed by atoms with Crippen LogP contribution in [0, 0.1) is 5.82 Å². The van der Waals surface area contributed by atoms with Crippen LogP contribution in [0.25, 0.3) is 10.9 Å². The second-order valence-electron chi connectivity index (χ2n) is 5.04. The third kappa shape index (κ3) is 2.18. The molecule has 20 heavy (non-hydrogen) atoms. The van der Waals surface area contributed by atoms with Gasteiger partial charge in [0.2, 0.25) is 0 Å². The van der Waals surface area contributed by atoms with Crippen LogP contribution in [0.4, 0.5) is 15.8 Å². The molecule has 1 unspecified atom stereocenters. The van der Waals surface area contributed by atoms with Crippen molar-refractivity contribution in [2.24, 2.45) is 0 Å². The van der Waals surface area contributed by atoms with Gasteiger partial charge in [-0.2, -0.15) is 0 Å². The summed E-state index contributed by atoms with van der Waals surface area (Å²) >= 11 is 0. The van der Waals surface area contributed by atoms with Gasteiger partial charge >= 0.3 is 0 Å². The molecule has 0 saturated carbocycles. The number of nitrogens with zero attached hydrogens (tertiary/aromatic N) is 2. The van der Waals surface area contributed by atoms with Crippen molar-refractivity contribution in [3.63, 3.8) is 0 Å². The van der Waals surface area contributed by atoms with E-state index < -0.39 is 0 Å². The van der Waals surface area contributed by atoms with Crippen LogP contribution in [0.15, 0.2) is 24.4 Å². The van der Waals surface area contributed by atoms with Gasteiger partial charge in [-0.3, -0.25) is 4.98 Å². The van der Waals surface area contributed by atoms with Crippen LogP contribution in [-0.2, 0) is 4.74 Å². The number of benzene rings is 1. The lowest BCUT2D eigenvalue weighted by atomic mass is 10.1. The van der Waals surface area contributed by atoms with Crippen molar-refractivity contribution in [3.8, 4) is 0 Å². The van der Waals surface area contributed by atoms with Crippen LogP contribution in [-0.4, -0.2) is 30.8 Å². The van der Waals surface area contributed by atoms with Crippen LogP contribution in [0.3, 0.4) is 0 Å². The normalized spacial score (nSPS) is 19.5. The number of pyridine rings is 1. The van der Waals surface area contributed by atoms with Crippen LogP contribution in [0.5, 0.6) is 0 Å². The summed E-state index contributed by atoms with van der Waals surface area (Å²) in [5, 5.41) is 0.795. The quantitative estimate of drug-likeness (QED) is 0.856. The van der Waals surface area contributed by atoms with E-state index in [4.69, 9.17) is 10.5 Å². The van der Waals surface area contributed by atoms with E-state index in [2.05, 4.69) is 11.9 Å². The molecule has 5 heteroatoms. The molecule has 2 N–H and O–H groups in total. The number of hydrogen-bond donors (Lipinski definition) is 1. The molecule has 0 bridgehead atoms. The number of nitrogens with two attached hydrogens (primary N) is 1. The lowest BCUT2D eigenvalue weighted by Gasteiger charge is -2.34. The summed E-state index contributed by atoms with van der Waals surface area (Å²) in [5.74, 6) is -0.314. The molecule has 0 aliphatic carbocycles. The molecule has 1 aliphatic heterocycles. The minimum Gasteiger partial charge on any atom is -0.398 e. The largest absolute Gasteiger partial charge is 0.398 e. The Balaban J connectivity index is 2.11. The zero-order valence-electron chi connectivity index (χ0n) is 11.5. The number of aromatic nitrogens is 1. The van der Waals surface area contributed by atoms with E-state index in [-0.39, 0.29) is 11.9 Å². The van der Waals surface area contributed by atoms with Gasteiger partial charge in [0.15, 0.2) is 5.82 Å². The Kier molecular flexibility index (Phi) is 3.44. The molecule has 4 nitrogen and oxygen atoms in total. The average Bonchev–Trinajstić information content (AvgIpc) is 2.47. The molecule has 1 saturated heterocycles. The van der Waals surface area contributed by atoms with Gasteiger partial charge in [0, 0.05) is 30.4 Å². The van der Waals surface area contributed by atoms with Crippen molar-refractivity contribution >= 4 is 22.3 Å². The first kappa shape index (κ1) is 13.1. The highest BCUT2D eigenvalue weighted by atomic mass is 19.1. The highest BCUT2D eigenvalue weighted by molar-refractivity contribution is 5.98. The molecule has 1 aromatic carbocycles. The van der Waals surface area contributed by atoms with E-state index in [0.29, 0.717) is 36.6 Å². The third-order valence-corrected chi connectivity index (χ3v) is 3.76. The topological polar surface area (TPSA) is 51.4 Å². The molecular weight excluding hydrogens is 257 g/mol. The lowest BCUT2D eigenvalue weighted by Crippen LogP contribution is -2.42. The van der Waals surface area contributed by atoms with Gasteiger partial charge in [-0.05, 0) is 24.6 Å². The summed E-state index contributed by atoms with van der Waals surface area (Å²) in [6.07, 6.45) is 2.72. The molecular formula is C15H18FN3O. The number of morpholine rings is 1. The van der Waals surface area contributed by atoms with Gasteiger partial charge < -0.3 is 15.4 Å². The van der Waals surface area contributed by atoms with E-state index in [1.807, 2.05) is 17.0 Å². The molecule has 2 aromatic rings. The molecule has 0 amide bonds. The van der Waals surface area contributed by atoms with Crippen LogP contribution >= 0.6 is 0 Å². The van der Waals surface area contributed by atoms with Crippen molar-refractivity contribution in [2.45, 2.75) is 19.4 Å². The summed E-state index contributed by atoms with van der Waals surface area (Å²) in [6.45, 7) is 4.03. The molecule has 1 fully saturated rings. The number of anilines is 2. The van der Waals surface area contributed by atoms with Gasteiger partial charge in [-0.25, -0.2) is 4.39 Å². The number of rotatable bonds is 2. The van der Waals surface area contributed by atoms with E-state index in [1.165, 1.54) is 6.07 Å². The number of hydrogen-bond acceptors (Lipinski definition) is 4. The predicted molar refractivity (Wildman–Crippen MR) is 78.4 cm³/mol. The highest BCUT2D eigenvalue weighted by Gasteiger charge is 2.24. The Morgan fingerprint density at radius 3 is 3.20 bits per heavy atom. The smallest absolute Gasteiger partial charge is 0.150 e. The zero-order chi connectivity index (χ0) is 14.1. The summed E-state index contributed by atoms with van der Waals surface area (Å²) < 4.78 is 20.0. The maximum absolute atomic E-state index is 14.4. The fraction of sp³-hybridized carbons (Fsp3) is 0.400. The number of nitrogen functional groups attached to an aromatic ring is 1. The number of halogens is 1. The van der Waals surface area contributed by atoms with Crippen LogP contribution in [0.2, 0.25) is 0 Å².